The average molecular weight is 272 g/mol. The van der Waals surface area contributed by atoms with Gasteiger partial charge in [0, 0.05) is 23.4 Å². The minimum absolute atomic E-state index is 0.0501. The molecule has 1 atom stereocenters. The Morgan fingerprint density at radius 1 is 1.39 bits per heavy atom. The Bertz CT molecular complexity index is 483. The zero-order valence-corrected chi connectivity index (χ0v) is 10.4. The molecule has 0 aliphatic carbocycles. The Kier molecular flexibility index (Phi) is 4.08. The minimum Gasteiger partial charge on any atom is -0.478 e. The van der Waals surface area contributed by atoms with Gasteiger partial charge in [-0.25, -0.2) is 9.18 Å². The minimum atomic E-state index is -1.35. The molecule has 1 fully saturated rings. The summed E-state index contributed by atoms with van der Waals surface area (Å²) in [5.41, 5.74) is -0.437. The second kappa shape index (κ2) is 5.58. The highest BCUT2D eigenvalue weighted by Gasteiger charge is 2.23. The van der Waals surface area contributed by atoms with Gasteiger partial charge in [-0.2, -0.15) is 0 Å². The van der Waals surface area contributed by atoms with Gasteiger partial charge < -0.3 is 9.84 Å². The van der Waals surface area contributed by atoms with E-state index in [1.165, 1.54) is 6.07 Å². The molecule has 0 saturated carbocycles. The first kappa shape index (κ1) is 13.2. The van der Waals surface area contributed by atoms with Crippen molar-refractivity contribution in [3.63, 3.8) is 0 Å². The van der Waals surface area contributed by atoms with Crippen molar-refractivity contribution in [3.05, 3.63) is 29.6 Å². The highest BCUT2D eigenvalue weighted by atomic mass is 32.2. The molecule has 0 radical (unpaired) electrons. The fraction of sp³-hybridized carbons (Fsp3) is 0.417. The second-order valence-corrected chi connectivity index (χ2v) is 5.79. The predicted molar refractivity (Wildman–Crippen MR) is 63.6 cm³/mol. The third-order valence-corrected chi connectivity index (χ3v) is 4.67. The summed E-state index contributed by atoms with van der Waals surface area (Å²) in [4.78, 5) is 11.2. The summed E-state index contributed by atoms with van der Waals surface area (Å²) < 4.78 is 30.6. The molecular formula is C12H13FO4S. The monoisotopic (exact) mass is 272 g/mol. The first-order valence-corrected chi connectivity index (χ1v) is 6.82. The molecule has 1 aromatic carbocycles. The number of hydrogen-bond acceptors (Lipinski definition) is 3. The largest absolute Gasteiger partial charge is 0.478 e. The van der Waals surface area contributed by atoms with Crippen molar-refractivity contribution >= 4 is 16.8 Å². The third-order valence-electron chi connectivity index (χ3n) is 2.87. The summed E-state index contributed by atoms with van der Waals surface area (Å²) >= 11 is 0. The molecule has 0 amide bonds. The summed E-state index contributed by atoms with van der Waals surface area (Å²) in [6, 6.07) is 3.59. The molecule has 18 heavy (non-hydrogen) atoms. The van der Waals surface area contributed by atoms with Crippen LogP contribution in [0, 0.1) is 5.82 Å². The Balaban J connectivity index is 2.24. The maximum Gasteiger partial charge on any atom is 0.338 e. The van der Waals surface area contributed by atoms with Crippen molar-refractivity contribution in [1.82, 2.24) is 0 Å². The van der Waals surface area contributed by atoms with Gasteiger partial charge in [0.2, 0.25) is 0 Å². The summed E-state index contributed by atoms with van der Waals surface area (Å²) in [5, 5.41) is 8.77. The van der Waals surface area contributed by atoms with Crippen molar-refractivity contribution in [3.8, 4) is 0 Å². The SMILES string of the molecule is O=C(O)c1cc(S(=O)C2CCOCC2)ccc1F. The quantitative estimate of drug-likeness (QED) is 0.911. The Labute approximate surface area is 106 Å². The maximum atomic E-state index is 13.2. The molecule has 6 heteroatoms. The fourth-order valence-corrected chi connectivity index (χ4v) is 3.32. The zero-order chi connectivity index (χ0) is 13.1. The molecule has 0 aromatic heterocycles. The van der Waals surface area contributed by atoms with Gasteiger partial charge in [-0.1, -0.05) is 0 Å². The van der Waals surface area contributed by atoms with E-state index in [1.54, 1.807) is 0 Å². The van der Waals surface area contributed by atoms with Gasteiger partial charge >= 0.3 is 5.97 Å². The summed E-state index contributed by atoms with van der Waals surface area (Å²) in [6.07, 6.45) is 1.35. The van der Waals surface area contributed by atoms with Gasteiger partial charge in [0.1, 0.15) is 5.82 Å². The highest BCUT2D eigenvalue weighted by molar-refractivity contribution is 7.85. The number of benzene rings is 1. The van der Waals surface area contributed by atoms with Crippen LogP contribution in [0.4, 0.5) is 4.39 Å². The van der Waals surface area contributed by atoms with Crippen molar-refractivity contribution < 1.29 is 23.2 Å². The Hall–Kier alpha value is -1.27. The van der Waals surface area contributed by atoms with Gasteiger partial charge in [-0.05, 0) is 31.0 Å². The van der Waals surface area contributed by atoms with E-state index in [0.717, 1.165) is 12.1 Å². The summed E-state index contributed by atoms with van der Waals surface area (Å²) in [7, 11) is -1.31. The number of carboxylic acid groups (broad SMARTS) is 1. The van der Waals surface area contributed by atoms with Gasteiger partial charge in [0.05, 0.1) is 16.4 Å². The molecule has 0 spiro atoms. The van der Waals surface area contributed by atoms with Crippen LogP contribution in [0.15, 0.2) is 23.1 Å². The van der Waals surface area contributed by atoms with Gasteiger partial charge in [-0.3, -0.25) is 4.21 Å². The lowest BCUT2D eigenvalue weighted by atomic mass is 10.2. The molecule has 1 heterocycles. The number of ether oxygens (including phenoxy) is 1. The lowest BCUT2D eigenvalue weighted by Gasteiger charge is -2.21. The van der Waals surface area contributed by atoms with Crippen molar-refractivity contribution in [1.29, 1.82) is 0 Å². The van der Waals surface area contributed by atoms with E-state index in [2.05, 4.69) is 0 Å². The van der Waals surface area contributed by atoms with Crippen LogP contribution in [0.25, 0.3) is 0 Å². The Morgan fingerprint density at radius 2 is 2.06 bits per heavy atom. The van der Waals surface area contributed by atoms with Crippen molar-refractivity contribution in [2.75, 3.05) is 13.2 Å². The lowest BCUT2D eigenvalue weighted by molar-refractivity contribution is 0.0691. The summed E-state index contributed by atoms with van der Waals surface area (Å²) in [5.74, 6) is -2.16. The van der Waals surface area contributed by atoms with E-state index in [-0.39, 0.29) is 5.25 Å². The van der Waals surface area contributed by atoms with Gasteiger partial charge in [-0.15, -0.1) is 0 Å². The van der Waals surface area contributed by atoms with E-state index in [9.17, 15) is 13.4 Å². The van der Waals surface area contributed by atoms with Crippen LogP contribution in [0.2, 0.25) is 0 Å². The van der Waals surface area contributed by atoms with E-state index >= 15 is 0 Å². The van der Waals surface area contributed by atoms with E-state index < -0.39 is 28.1 Å². The van der Waals surface area contributed by atoms with Crippen LogP contribution in [-0.4, -0.2) is 33.7 Å². The number of aromatic carboxylic acids is 1. The number of carbonyl (C=O) groups is 1. The Morgan fingerprint density at radius 3 is 2.67 bits per heavy atom. The standard InChI is InChI=1S/C12H13FO4S/c13-11-2-1-9(7-10(11)12(14)15)18(16)8-3-5-17-6-4-8/h1-2,7-8H,3-6H2,(H,14,15). The molecule has 1 saturated heterocycles. The van der Waals surface area contributed by atoms with Crippen molar-refractivity contribution in [2.24, 2.45) is 0 Å². The number of rotatable bonds is 3. The fourth-order valence-electron chi connectivity index (χ4n) is 1.88. The average Bonchev–Trinajstić information content (AvgIpc) is 2.39. The first-order chi connectivity index (χ1) is 8.59. The summed E-state index contributed by atoms with van der Waals surface area (Å²) in [6.45, 7) is 1.12. The van der Waals surface area contributed by atoms with E-state index in [1.807, 2.05) is 0 Å². The van der Waals surface area contributed by atoms with Crippen LogP contribution in [0.5, 0.6) is 0 Å². The number of hydrogen-bond donors (Lipinski definition) is 1. The number of carboxylic acids is 1. The molecule has 1 N–H and O–H groups in total. The van der Waals surface area contributed by atoms with E-state index in [4.69, 9.17) is 9.84 Å². The lowest BCUT2D eigenvalue weighted by Crippen LogP contribution is -2.25. The molecule has 0 bridgehead atoms. The normalized spacial score (nSPS) is 18.5. The maximum absolute atomic E-state index is 13.2. The molecule has 1 unspecified atom stereocenters. The molecule has 1 aromatic rings. The van der Waals surface area contributed by atoms with Crippen molar-refractivity contribution in [2.45, 2.75) is 23.0 Å². The molecular weight excluding hydrogens is 259 g/mol. The molecule has 1 aliphatic rings. The zero-order valence-electron chi connectivity index (χ0n) is 9.60. The molecule has 2 rings (SSSR count). The van der Waals surface area contributed by atoms with Crippen LogP contribution >= 0.6 is 0 Å². The highest BCUT2D eigenvalue weighted by Crippen LogP contribution is 2.21. The van der Waals surface area contributed by atoms with Gasteiger partial charge in [0.15, 0.2) is 0 Å². The van der Waals surface area contributed by atoms with Crippen LogP contribution < -0.4 is 0 Å². The van der Waals surface area contributed by atoms with Gasteiger partial charge in [0.25, 0.3) is 0 Å². The van der Waals surface area contributed by atoms with Crippen LogP contribution in [0.3, 0.4) is 0 Å². The first-order valence-electron chi connectivity index (χ1n) is 5.61. The third kappa shape index (κ3) is 2.76. The predicted octanol–water partition coefficient (Wildman–Crippen LogP) is 1.81. The smallest absolute Gasteiger partial charge is 0.338 e. The van der Waals surface area contributed by atoms with E-state index in [0.29, 0.717) is 31.0 Å². The van der Waals surface area contributed by atoms with Crippen LogP contribution in [0.1, 0.15) is 23.2 Å². The molecule has 1 aliphatic heterocycles. The number of halogens is 1. The van der Waals surface area contributed by atoms with Crippen LogP contribution in [-0.2, 0) is 15.5 Å². The molecule has 4 nitrogen and oxygen atoms in total. The molecule has 98 valence electrons. The topological polar surface area (TPSA) is 63.6 Å². The second-order valence-electron chi connectivity index (χ2n) is 4.06.